The number of fused-ring (bicyclic) bond motifs is 1. The molecule has 0 bridgehead atoms. The first kappa shape index (κ1) is 16.6. The molecule has 1 aromatic rings. The van der Waals surface area contributed by atoms with Gasteiger partial charge in [-0.1, -0.05) is 6.07 Å². The molecule has 3 rings (SSSR count). The standard InChI is InChI=1S/C18H24N2O4/c1-18(2,3)24-17(22)19-13-10-23-15-9-12(11-5-6-11)7-8-14(15)20(4)16(13)21/h7-9,11,13H,5-6,10H2,1-4H3,(H,19,22)/t13-/m0/s1. The van der Waals surface area contributed by atoms with Gasteiger partial charge >= 0.3 is 6.09 Å². The van der Waals surface area contributed by atoms with Gasteiger partial charge in [0.25, 0.3) is 5.91 Å². The summed E-state index contributed by atoms with van der Waals surface area (Å²) in [5, 5.41) is 2.60. The van der Waals surface area contributed by atoms with E-state index in [0.717, 1.165) is 5.69 Å². The lowest BCUT2D eigenvalue weighted by atomic mass is 10.1. The molecule has 2 amide bonds. The summed E-state index contributed by atoms with van der Waals surface area (Å²) in [5.74, 6) is 1.07. The van der Waals surface area contributed by atoms with Crippen LogP contribution < -0.4 is 15.0 Å². The maximum Gasteiger partial charge on any atom is 0.408 e. The molecule has 1 aliphatic carbocycles. The van der Waals surface area contributed by atoms with E-state index < -0.39 is 17.7 Å². The number of nitrogens with zero attached hydrogens (tertiary/aromatic N) is 1. The zero-order valence-corrected chi connectivity index (χ0v) is 14.6. The van der Waals surface area contributed by atoms with Crippen molar-refractivity contribution in [2.75, 3.05) is 18.6 Å². The Morgan fingerprint density at radius 2 is 2.04 bits per heavy atom. The van der Waals surface area contributed by atoms with E-state index in [1.807, 2.05) is 18.2 Å². The predicted octanol–water partition coefficient (Wildman–Crippen LogP) is 2.81. The lowest BCUT2D eigenvalue weighted by Gasteiger charge is -2.23. The lowest BCUT2D eigenvalue weighted by Crippen LogP contribution is -2.50. The number of hydrogen-bond acceptors (Lipinski definition) is 4. The number of nitrogens with one attached hydrogen (secondary N) is 1. The number of benzene rings is 1. The number of likely N-dealkylation sites (N-methyl/N-ethyl adjacent to an activating group) is 1. The Morgan fingerprint density at radius 3 is 2.67 bits per heavy atom. The molecule has 1 saturated carbocycles. The number of anilines is 1. The topological polar surface area (TPSA) is 67.9 Å². The first-order valence-corrected chi connectivity index (χ1v) is 8.28. The largest absolute Gasteiger partial charge is 0.489 e. The van der Waals surface area contributed by atoms with Crippen LogP contribution in [0.2, 0.25) is 0 Å². The molecule has 0 radical (unpaired) electrons. The smallest absolute Gasteiger partial charge is 0.408 e. The van der Waals surface area contributed by atoms with Gasteiger partial charge < -0.3 is 19.7 Å². The van der Waals surface area contributed by atoms with E-state index in [1.54, 1.807) is 27.8 Å². The summed E-state index contributed by atoms with van der Waals surface area (Å²) in [6.45, 7) is 5.42. The molecule has 130 valence electrons. The molecule has 0 unspecified atom stereocenters. The first-order chi connectivity index (χ1) is 11.2. The quantitative estimate of drug-likeness (QED) is 0.904. The van der Waals surface area contributed by atoms with Crippen molar-refractivity contribution in [3.05, 3.63) is 23.8 Å². The Hall–Kier alpha value is -2.24. The van der Waals surface area contributed by atoms with Crippen LogP contribution in [-0.4, -0.2) is 37.3 Å². The summed E-state index contributed by atoms with van der Waals surface area (Å²) in [6.07, 6.45) is 1.79. The van der Waals surface area contributed by atoms with Gasteiger partial charge in [-0.2, -0.15) is 0 Å². The minimum Gasteiger partial charge on any atom is -0.489 e. The number of carbonyl (C=O) groups is 2. The minimum absolute atomic E-state index is 0.0868. The van der Waals surface area contributed by atoms with Crippen LogP contribution in [0.15, 0.2) is 18.2 Å². The second-order valence-electron chi connectivity index (χ2n) is 7.41. The number of amides is 2. The van der Waals surface area contributed by atoms with Crippen LogP contribution in [0.25, 0.3) is 0 Å². The molecule has 0 spiro atoms. The highest BCUT2D eigenvalue weighted by Gasteiger charge is 2.33. The Balaban J connectivity index is 1.75. The fraction of sp³-hybridized carbons (Fsp3) is 0.556. The van der Waals surface area contributed by atoms with E-state index in [0.29, 0.717) is 11.7 Å². The van der Waals surface area contributed by atoms with Crippen LogP contribution in [0.4, 0.5) is 10.5 Å². The van der Waals surface area contributed by atoms with Gasteiger partial charge in [-0.15, -0.1) is 0 Å². The monoisotopic (exact) mass is 332 g/mol. The molecule has 0 saturated heterocycles. The minimum atomic E-state index is -0.776. The summed E-state index contributed by atoms with van der Waals surface area (Å²) < 4.78 is 11.0. The van der Waals surface area contributed by atoms with E-state index in [4.69, 9.17) is 9.47 Å². The van der Waals surface area contributed by atoms with Crippen LogP contribution in [0.1, 0.15) is 45.1 Å². The lowest BCUT2D eigenvalue weighted by molar-refractivity contribution is -0.120. The van der Waals surface area contributed by atoms with Crippen molar-refractivity contribution in [3.8, 4) is 5.75 Å². The number of alkyl carbamates (subject to hydrolysis) is 1. The highest BCUT2D eigenvalue weighted by molar-refractivity contribution is 6.00. The molecule has 6 nitrogen and oxygen atoms in total. The molecule has 2 aliphatic rings. The van der Waals surface area contributed by atoms with Crippen molar-refractivity contribution in [3.63, 3.8) is 0 Å². The van der Waals surface area contributed by atoms with Crippen molar-refractivity contribution in [2.24, 2.45) is 0 Å². The van der Waals surface area contributed by atoms with Crippen LogP contribution in [0, 0.1) is 0 Å². The fourth-order valence-electron chi connectivity index (χ4n) is 2.74. The van der Waals surface area contributed by atoms with Crippen molar-refractivity contribution in [1.29, 1.82) is 0 Å². The van der Waals surface area contributed by atoms with E-state index in [-0.39, 0.29) is 12.5 Å². The van der Waals surface area contributed by atoms with Gasteiger partial charge in [0, 0.05) is 7.05 Å². The Morgan fingerprint density at radius 1 is 1.33 bits per heavy atom. The van der Waals surface area contributed by atoms with Crippen LogP contribution in [0.3, 0.4) is 0 Å². The third kappa shape index (κ3) is 3.63. The van der Waals surface area contributed by atoms with Gasteiger partial charge in [0.15, 0.2) is 0 Å². The van der Waals surface area contributed by atoms with Crippen molar-refractivity contribution < 1.29 is 19.1 Å². The second kappa shape index (κ2) is 6.00. The number of rotatable bonds is 2. The van der Waals surface area contributed by atoms with Crippen LogP contribution in [-0.2, 0) is 9.53 Å². The highest BCUT2D eigenvalue weighted by atomic mass is 16.6. The van der Waals surface area contributed by atoms with Gasteiger partial charge in [0.2, 0.25) is 0 Å². The van der Waals surface area contributed by atoms with E-state index in [1.165, 1.54) is 23.3 Å². The maximum absolute atomic E-state index is 12.6. The van der Waals surface area contributed by atoms with E-state index >= 15 is 0 Å². The molecule has 0 aromatic heterocycles. The van der Waals surface area contributed by atoms with Crippen LogP contribution in [0.5, 0.6) is 5.75 Å². The fourth-order valence-corrected chi connectivity index (χ4v) is 2.74. The molecule has 1 aromatic carbocycles. The van der Waals surface area contributed by atoms with Gasteiger partial charge in [-0.25, -0.2) is 4.79 Å². The van der Waals surface area contributed by atoms with Gasteiger partial charge in [-0.05, 0) is 57.2 Å². The predicted molar refractivity (Wildman–Crippen MR) is 90.5 cm³/mol. The number of carbonyl (C=O) groups excluding carboxylic acids is 2. The van der Waals surface area contributed by atoms with Gasteiger partial charge in [0.05, 0.1) is 5.69 Å². The molecule has 24 heavy (non-hydrogen) atoms. The molecular weight excluding hydrogens is 308 g/mol. The Bertz CT molecular complexity index is 661. The van der Waals surface area contributed by atoms with Gasteiger partial charge in [0.1, 0.15) is 24.0 Å². The molecule has 1 aliphatic heterocycles. The van der Waals surface area contributed by atoms with Crippen LogP contribution >= 0.6 is 0 Å². The SMILES string of the molecule is CN1C(=O)[C@@H](NC(=O)OC(C)(C)C)COc2cc(C3CC3)ccc21. The molecule has 1 fully saturated rings. The normalized spacial score (nSPS) is 20.8. The zero-order valence-electron chi connectivity index (χ0n) is 14.6. The number of ether oxygens (including phenoxy) is 2. The second-order valence-corrected chi connectivity index (χ2v) is 7.41. The molecule has 1 N–H and O–H groups in total. The molecule has 6 heteroatoms. The average molecular weight is 332 g/mol. The summed E-state index contributed by atoms with van der Waals surface area (Å²) in [4.78, 5) is 26.1. The molecule has 1 heterocycles. The van der Waals surface area contributed by atoms with Gasteiger partial charge in [-0.3, -0.25) is 4.79 Å². The first-order valence-electron chi connectivity index (χ1n) is 8.28. The van der Waals surface area contributed by atoms with E-state index in [9.17, 15) is 9.59 Å². The molecular formula is C18H24N2O4. The molecule has 1 atom stereocenters. The van der Waals surface area contributed by atoms with Crippen molar-refractivity contribution in [2.45, 2.75) is 51.2 Å². The summed E-state index contributed by atoms with van der Waals surface area (Å²) in [5.41, 5.74) is 1.35. The maximum atomic E-state index is 12.6. The Kier molecular flexibility index (Phi) is 4.15. The highest BCUT2D eigenvalue weighted by Crippen LogP contribution is 2.43. The summed E-state index contributed by atoms with van der Waals surface area (Å²) in [7, 11) is 1.69. The number of hydrogen-bond donors (Lipinski definition) is 1. The summed E-state index contributed by atoms with van der Waals surface area (Å²) >= 11 is 0. The third-order valence-corrected chi connectivity index (χ3v) is 4.12. The van der Waals surface area contributed by atoms with E-state index in [2.05, 4.69) is 5.32 Å². The summed E-state index contributed by atoms with van der Waals surface area (Å²) in [6, 6.07) is 5.19. The van der Waals surface area contributed by atoms with Crippen molar-refractivity contribution >= 4 is 17.7 Å². The Labute approximate surface area is 142 Å². The average Bonchev–Trinajstić information content (AvgIpc) is 3.32. The third-order valence-electron chi connectivity index (χ3n) is 4.12. The zero-order chi connectivity index (χ0) is 17.5. The van der Waals surface area contributed by atoms with Crippen molar-refractivity contribution in [1.82, 2.24) is 5.32 Å².